The Kier molecular flexibility index (Phi) is 6.64. The summed E-state index contributed by atoms with van der Waals surface area (Å²) in [6.45, 7) is 0. The lowest BCUT2D eigenvalue weighted by molar-refractivity contribution is 0.0860. The third kappa shape index (κ3) is 4.85. The van der Waals surface area contributed by atoms with Gasteiger partial charge in [-0.15, -0.1) is 11.3 Å². The molecule has 7 nitrogen and oxygen atoms in total. The summed E-state index contributed by atoms with van der Waals surface area (Å²) < 4.78 is 0. The predicted octanol–water partition coefficient (Wildman–Crippen LogP) is 4.17. The molecule has 1 saturated carbocycles. The zero-order valence-corrected chi connectivity index (χ0v) is 21.1. The Labute approximate surface area is 208 Å². The molecule has 0 saturated heterocycles. The van der Waals surface area contributed by atoms with Crippen LogP contribution < -0.4 is 10.6 Å². The van der Waals surface area contributed by atoms with E-state index in [-0.39, 0.29) is 23.9 Å². The summed E-state index contributed by atoms with van der Waals surface area (Å²) in [5, 5.41) is 8.39. The quantitative estimate of drug-likeness (QED) is 0.491. The lowest BCUT2D eigenvalue weighted by Gasteiger charge is -2.32. The van der Waals surface area contributed by atoms with E-state index in [0.717, 1.165) is 61.5 Å². The number of hydrogen-bond donors (Lipinski definition) is 3. The number of carbonyl (C=O) groups is 2. The van der Waals surface area contributed by atoms with Crippen LogP contribution >= 0.6 is 22.9 Å². The number of nitrogens with one attached hydrogen (secondary N) is 3. The molecule has 3 N–H and O–H groups in total. The molecule has 0 aliphatic heterocycles. The molecule has 34 heavy (non-hydrogen) atoms. The van der Waals surface area contributed by atoms with Crippen LogP contribution in [0.5, 0.6) is 0 Å². The van der Waals surface area contributed by atoms with Crippen LogP contribution in [0.25, 0.3) is 10.9 Å². The third-order valence-corrected chi connectivity index (χ3v) is 8.42. The molecule has 3 aromatic rings. The summed E-state index contributed by atoms with van der Waals surface area (Å²) in [4.78, 5) is 37.4. The van der Waals surface area contributed by atoms with Gasteiger partial charge in [0.2, 0.25) is 0 Å². The number of aromatic nitrogens is 2. The van der Waals surface area contributed by atoms with E-state index >= 15 is 0 Å². The van der Waals surface area contributed by atoms with E-state index in [9.17, 15) is 9.59 Å². The molecule has 3 atom stereocenters. The Morgan fingerprint density at radius 1 is 1.09 bits per heavy atom. The van der Waals surface area contributed by atoms with Gasteiger partial charge in [-0.25, -0.2) is 4.98 Å². The molecule has 2 amide bonds. The van der Waals surface area contributed by atoms with Crippen LogP contribution in [0, 0.1) is 0 Å². The van der Waals surface area contributed by atoms with Gasteiger partial charge in [0, 0.05) is 38.9 Å². The number of halogens is 1. The number of aromatic amines is 1. The van der Waals surface area contributed by atoms with Crippen molar-refractivity contribution in [3.05, 3.63) is 50.6 Å². The highest BCUT2D eigenvalue weighted by Gasteiger charge is 2.31. The van der Waals surface area contributed by atoms with Gasteiger partial charge in [0.1, 0.15) is 5.69 Å². The normalized spacial score (nSPS) is 22.5. The summed E-state index contributed by atoms with van der Waals surface area (Å²) >= 11 is 7.59. The molecular formula is C25H30ClN5O2S. The Balaban J connectivity index is 1.26. The van der Waals surface area contributed by atoms with E-state index in [0.29, 0.717) is 21.8 Å². The molecule has 180 valence electrons. The van der Waals surface area contributed by atoms with Crippen molar-refractivity contribution in [2.24, 2.45) is 0 Å². The molecule has 2 aliphatic rings. The minimum absolute atomic E-state index is 0.112. The van der Waals surface area contributed by atoms with Crippen LogP contribution in [-0.2, 0) is 12.8 Å². The van der Waals surface area contributed by atoms with Gasteiger partial charge in [0.25, 0.3) is 11.8 Å². The predicted molar refractivity (Wildman–Crippen MR) is 136 cm³/mol. The molecule has 9 heteroatoms. The number of fused-ring (bicyclic) bond motifs is 2. The minimum atomic E-state index is -0.169. The topological polar surface area (TPSA) is 90.1 Å². The van der Waals surface area contributed by atoms with Crippen molar-refractivity contribution in [2.75, 3.05) is 14.1 Å². The molecule has 0 spiro atoms. The number of amides is 2. The van der Waals surface area contributed by atoms with Crippen LogP contribution in [0.2, 0.25) is 5.02 Å². The van der Waals surface area contributed by atoms with Crippen molar-refractivity contribution in [3.8, 4) is 0 Å². The summed E-state index contributed by atoms with van der Waals surface area (Å²) in [7, 11) is 4.21. The van der Waals surface area contributed by atoms with Crippen LogP contribution in [0.1, 0.15) is 63.0 Å². The maximum Gasteiger partial charge on any atom is 0.280 e. The number of nitrogens with zero attached hydrogens (tertiary/aromatic N) is 2. The van der Waals surface area contributed by atoms with E-state index in [1.807, 2.05) is 18.2 Å². The molecule has 2 aliphatic carbocycles. The Morgan fingerprint density at radius 2 is 1.82 bits per heavy atom. The Morgan fingerprint density at radius 3 is 2.56 bits per heavy atom. The van der Waals surface area contributed by atoms with Gasteiger partial charge in [-0.05, 0) is 70.5 Å². The fourth-order valence-electron chi connectivity index (χ4n) is 5.07. The first-order valence-corrected chi connectivity index (χ1v) is 13.1. The van der Waals surface area contributed by atoms with E-state index in [1.54, 1.807) is 6.07 Å². The zero-order valence-electron chi connectivity index (χ0n) is 19.5. The van der Waals surface area contributed by atoms with E-state index in [4.69, 9.17) is 11.6 Å². The average Bonchev–Trinajstić information content (AvgIpc) is 3.43. The number of H-pyrrole nitrogens is 1. The highest BCUT2D eigenvalue weighted by Crippen LogP contribution is 2.29. The standard InChI is InChI=1S/C25H30ClN5O2S/c1-31(2)16-8-10-20-22(13-16)34-25(30-20)24(33)29-19-6-4-3-5-18(19)28-23(32)21-12-14-11-15(26)7-9-17(14)27-21/h7,9,11-12,16,18-19,27H,3-6,8,10,13H2,1-2H3,(H,28,32)(H,29,33)/t16?,18-,19+/m0/s1. The van der Waals surface area contributed by atoms with Gasteiger partial charge in [-0.2, -0.15) is 0 Å². The largest absolute Gasteiger partial charge is 0.351 e. The minimum Gasteiger partial charge on any atom is -0.351 e. The molecule has 2 heterocycles. The number of thiazole rings is 1. The van der Waals surface area contributed by atoms with Crippen LogP contribution in [0.4, 0.5) is 0 Å². The van der Waals surface area contributed by atoms with Gasteiger partial charge >= 0.3 is 0 Å². The number of hydrogen-bond acceptors (Lipinski definition) is 5. The van der Waals surface area contributed by atoms with Crippen LogP contribution in [0.3, 0.4) is 0 Å². The number of rotatable bonds is 5. The summed E-state index contributed by atoms with van der Waals surface area (Å²) in [5.74, 6) is -0.301. The Hall–Kier alpha value is -2.42. The van der Waals surface area contributed by atoms with Gasteiger partial charge in [-0.1, -0.05) is 24.4 Å². The van der Waals surface area contributed by atoms with Crippen molar-refractivity contribution >= 4 is 45.7 Å². The fraction of sp³-hybridized carbons (Fsp3) is 0.480. The molecule has 1 unspecified atom stereocenters. The molecule has 5 rings (SSSR count). The molecule has 1 fully saturated rings. The number of carbonyl (C=O) groups excluding carboxylic acids is 2. The van der Waals surface area contributed by atoms with E-state index in [1.165, 1.54) is 16.2 Å². The summed E-state index contributed by atoms with van der Waals surface area (Å²) in [5.41, 5.74) is 2.43. The summed E-state index contributed by atoms with van der Waals surface area (Å²) in [6, 6.07) is 7.59. The lowest BCUT2D eigenvalue weighted by atomic mass is 9.90. The average molecular weight is 500 g/mol. The SMILES string of the molecule is CN(C)C1CCc2nc(C(=O)N[C@@H]3CCCC[C@@H]3NC(=O)c3cc4cc(Cl)ccc4[nH]3)sc2C1. The highest BCUT2D eigenvalue weighted by atomic mass is 35.5. The van der Waals surface area contributed by atoms with E-state index in [2.05, 4.69) is 39.6 Å². The van der Waals surface area contributed by atoms with Crippen molar-refractivity contribution in [1.29, 1.82) is 0 Å². The van der Waals surface area contributed by atoms with Crippen molar-refractivity contribution in [2.45, 2.75) is 63.1 Å². The number of aryl methyl sites for hydroxylation is 1. The second-order valence-electron chi connectivity index (χ2n) is 9.61. The van der Waals surface area contributed by atoms with E-state index < -0.39 is 0 Å². The lowest BCUT2D eigenvalue weighted by Crippen LogP contribution is -2.53. The summed E-state index contributed by atoms with van der Waals surface area (Å²) in [6.07, 6.45) is 6.67. The maximum absolute atomic E-state index is 13.1. The maximum atomic E-state index is 13.1. The van der Waals surface area contributed by atoms with Crippen LogP contribution in [0.15, 0.2) is 24.3 Å². The monoisotopic (exact) mass is 499 g/mol. The van der Waals surface area contributed by atoms with Crippen molar-refractivity contribution < 1.29 is 9.59 Å². The van der Waals surface area contributed by atoms with Gasteiger partial charge in [0.05, 0.1) is 5.69 Å². The van der Waals surface area contributed by atoms with Crippen molar-refractivity contribution in [3.63, 3.8) is 0 Å². The fourth-order valence-corrected chi connectivity index (χ4v) is 6.34. The smallest absolute Gasteiger partial charge is 0.280 e. The van der Waals surface area contributed by atoms with Gasteiger partial charge in [0.15, 0.2) is 5.01 Å². The first-order chi connectivity index (χ1) is 16.4. The van der Waals surface area contributed by atoms with Crippen molar-refractivity contribution in [1.82, 2.24) is 25.5 Å². The number of benzene rings is 1. The van der Waals surface area contributed by atoms with Crippen LogP contribution in [-0.4, -0.2) is 58.9 Å². The van der Waals surface area contributed by atoms with Gasteiger partial charge in [-0.3, -0.25) is 9.59 Å². The first-order valence-electron chi connectivity index (χ1n) is 11.9. The molecule has 2 aromatic heterocycles. The second kappa shape index (κ2) is 9.68. The molecule has 0 radical (unpaired) electrons. The Bertz CT molecular complexity index is 1220. The highest BCUT2D eigenvalue weighted by molar-refractivity contribution is 7.13. The number of likely N-dealkylation sites (N-methyl/N-ethyl adjacent to an activating group) is 1. The molecule has 0 bridgehead atoms. The zero-order chi connectivity index (χ0) is 23.8. The first kappa shape index (κ1) is 23.3. The molecular weight excluding hydrogens is 470 g/mol. The molecule has 1 aromatic carbocycles. The third-order valence-electron chi connectivity index (χ3n) is 7.06. The second-order valence-corrected chi connectivity index (χ2v) is 11.1. The van der Waals surface area contributed by atoms with Gasteiger partial charge < -0.3 is 20.5 Å².